The minimum atomic E-state index is -0.451. The maximum absolute atomic E-state index is 12.0. The van der Waals surface area contributed by atoms with E-state index in [0.29, 0.717) is 5.92 Å². The van der Waals surface area contributed by atoms with Crippen molar-refractivity contribution in [3.05, 3.63) is 5.82 Å². The van der Waals surface area contributed by atoms with E-state index < -0.39 is 5.60 Å². The molecule has 1 heterocycles. The van der Waals surface area contributed by atoms with Crippen LogP contribution in [0.4, 0.5) is 4.79 Å². The van der Waals surface area contributed by atoms with Crippen molar-refractivity contribution < 1.29 is 9.53 Å². The SMILES string of the molecule is CN(C(=O)OC(C)(C)C)C1CCC(c2nn[nH]n2)CC1. The van der Waals surface area contributed by atoms with Crippen LogP contribution in [0.2, 0.25) is 0 Å². The monoisotopic (exact) mass is 281 g/mol. The third-order valence-corrected chi connectivity index (χ3v) is 3.65. The highest BCUT2D eigenvalue weighted by Gasteiger charge is 2.30. The van der Waals surface area contributed by atoms with E-state index in [1.54, 1.807) is 4.90 Å². The van der Waals surface area contributed by atoms with Crippen LogP contribution in [0, 0.1) is 0 Å². The number of aromatic nitrogens is 4. The lowest BCUT2D eigenvalue weighted by atomic mass is 9.85. The van der Waals surface area contributed by atoms with Crippen LogP contribution in [0.3, 0.4) is 0 Å². The maximum atomic E-state index is 12.0. The quantitative estimate of drug-likeness (QED) is 0.897. The molecule has 112 valence electrons. The fourth-order valence-corrected chi connectivity index (χ4v) is 2.55. The highest BCUT2D eigenvalue weighted by atomic mass is 16.6. The van der Waals surface area contributed by atoms with E-state index in [2.05, 4.69) is 20.6 Å². The van der Waals surface area contributed by atoms with Gasteiger partial charge in [-0.15, -0.1) is 10.2 Å². The van der Waals surface area contributed by atoms with Gasteiger partial charge in [0.15, 0.2) is 5.82 Å². The van der Waals surface area contributed by atoms with Crippen LogP contribution < -0.4 is 0 Å². The molecule has 0 aliphatic heterocycles. The predicted octanol–water partition coefficient (Wildman–Crippen LogP) is 2.09. The van der Waals surface area contributed by atoms with Gasteiger partial charge in [0.25, 0.3) is 0 Å². The summed E-state index contributed by atoms with van der Waals surface area (Å²) in [6.45, 7) is 5.64. The molecule has 0 spiro atoms. The van der Waals surface area contributed by atoms with Crippen molar-refractivity contribution in [2.75, 3.05) is 7.05 Å². The Kier molecular flexibility index (Phi) is 4.25. The summed E-state index contributed by atoms with van der Waals surface area (Å²) in [5.41, 5.74) is -0.451. The number of amides is 1. The van der Waals surface area contributed by atoms with Crippen molar-refractivity contribution in [3.63, 3.8) is 0 Å². The first-order valence-electron chi connectivity index (χ1n) is 7.06. The average molecular weight is 281 g/mol. The molecule has 7 heteroatoms. The summed E-state index contributed by atoms with van der Waals surface area (Å²) in [6, 6.07) is 0.230. The van der Waals surface area contributed by atoms with Crippen molar-refractivity contribution >= 4 is 6.09 Å². The van der Waals surface area contributed by atoms with Crippen LogP contribution in [0.15, 0.2) is 0 Å². The largest absolute Gasteiger partial charge is 0.444 e. The molecule has 1 aliphatic carbocycles. The van der Waals surface area contributed by atoms with Gasteiger partial charge in [0.05, 0.1) is 0 Å². The number of nitrogens with zero attached hydrogens (tertiary/aromatic N) is 4. The number of aromatic amines is 1. The molecule has 0 bridgehead atoms. The Morgan fingerprint density at radius 2 is 1.95 bits per heavy atom. The van der Waals surface area contributed by atoms with Gasteiger partial charge in [-0.3, -0.25) is 0 Å². The lowest BCUT2D eigenvalue weighted by molar-refractivity contribution is 0.0182. The van der Waals surface area contributed by atoms with Crippen molar-refractivity contribution in [3.8, 4) is 0 Å². The first-order valence-corrected chi connectivity index (χ1v) is 7.06. The summed E-state index contributed by atoms with van der Waals surface area (Å²) in [6.07, 6.45) is 3.57. The lowest BCUT2D eigenvalue weighted by Gasteiger charge is -2.34. The molecular formula is C13H23N5O2. The van der Waals surface area contributed by atoms with Crippen molar-refractivity contribution in [1.82, 2.24) is 25.5 Å². The van der Waals surface area contributed by atoms with E-state index in [4.69, 9.17) is 4.74 Å². The summed E-state index contributed by atoms with van der Waals surface area (Å²) < 4.78 is 5.40. The Morgan fingerprint density at radius 3 is 2.45 bits per heavy atom. The summed E-state index contributed by atoms with van der Waals surface area (Å²) in [5.74, 6) is 1.13. The first-order chi connectivity index (χ1) is 9.37. The Labute approximate surface area is 119 Å². The molecule has 20 heavy (non-hydrogen) atoms. The predicted molar refractivity (Wildman–Crippen MR) is 73.2 cm³/mol. The number of carbonyl (C=O) groups excluding carboxylic acids is 1. The van der Waals surface area contributed by atoms with Crippen LogP contribution >= 0.6 is 0 Å². The molecule has 0 aromatic carbocycles. The molecule has 1 saturated carbocycles. The Balaban J connectivity index is 1.85. The third-order valence-electron chi connectivity index (χ3n) is 3.65. The van der Waals surface area contributed by atoms with Crippen molar-refractivity contribution in [2.24, 2.45) is 0 Å². The number of carbonyl (C=O) groups is 1. The Bertz CT molecular complexity index is 432. The number of nitrogens with one attached hydrogen (secondary N) is 1. The Hall–Kier alpha value is -1.66. The van der Waals surface area contributed by atoms with E-state index in [0.717, 1.165) is 31.5 Å². The van der Waals surface area contributed by atoms with E-state index in [-0.39, 0.29) is 12.1 Å². The molecule has 1 amide bonds. The maximum Gasteiger partial charge on any atom is 0.410 e. The van der Waals surface area contributed by atoms with Crippen molar-refractivity contribution in [2.45, 2.75) is 64.0 Å². The molecule has 1 aromatic rings. The van der Waals surface area contributed by atoms with E-state index in [1.807, 2.05) is 27.8 Å². The molecule has 1 N–H and O–H groups in total. The van der Waals surface area contributed by atoms with Gasteiger partial charge in [-0.25, -0.2) is 4.79 Å². The van der Waals surface area contributed by atoms with Gasteiger partial charge in [0, 0.05) is 19.0 Å². The second-order valence-electron chi connectivity index (χ2n) is 6.37. The number of H-pyrrole nitrogens is 1. The van der Waals surface area contributed by atoms with E-state index in [1.165, 1.54) is 0 Å². The van der Waals surface area contributed by atoms with E-state index in [9.17, 15) is 4.79 Å². The highest BCUT2D eigenvalue weighted by molar-refractivity contribution is 5.68. The molecule has 2 rings (SSSR count). The number of ether oxygens (including phenoxy) is 1. The third kappa shape index (κ3) is 3.68. The van der Waals surface area contributed by atoms with Gasteiger partial charge in [-0.1, -0.05) is 5.21 Å². The van der Waals surface area contributed by atoms with Gasteiger partial charge in [0.1, 0.15) is 5.60 Å². The smallest absolute Gasteiger partial charge is 0.410 e. The molecule has 0 unspecified atom stereocenters. The molecule has 0 radical (unpaired) electrons. The molecule has 1 aliphatic rings. The topological polar surface area (TPSA) is 84.0 Å². The van der Waals surface area contributed by atoms with Gasteiger partial charge in [-0.2, -0.15) is 5.21 Å². The zero-order chi connectivity index (χ0) is 14.8. The lowest BCUT2D eigenvalue weighted by Crippen LogP contribution is -2.42. The summed E-state index contributed by atoms with van der Waals surface area (Å²) in [7, 11) is 1.81. The minimum Gasteiger partial charge on any atom is -0.444 e. The average Bonchev–Trinajstić information content (AvgIpc) is 2.90. The van der Waals surface area contributed by atoms with Gasteiger partial charge in [-0.05, 0) is 46.5 Å². The van der Waals surface area contributed by atoms with Crippen molar-refractivity contribution in [1.29, 1.82) is 0 Å². The standard InChI is InChI=1S/C13H23N5O2/c1-13(2,3)20-12(19)18(4)10-7-5-9(6-8-10)11-14-16-17-15-11/h9-10H,5-8H2,1-4H3,(H,14,15,16,17). The fraction of sp³-hybridized carbons (Fsp3) is 0.846. The highest BCUT2D eigenvalue weighted by Crippen LogP contribution is 2.32. The molecule has 1 aromatic heterocycles. The van der Waals surface area contributed by atoms with Gasteiger partial charge >= 0.3 is 6.09 Å². The van der Waals surface area contributed by atoms with Crippen LogP contribution in [0.5, 0.6) is 0 Å². The number of rotatable bonds is 2. The zero-order valence-electron chi connectivity index (χ0n) is 12.6. The summed E-state index contributed by atoms with van der Waals surface area (Å²) >= 11 is 0. The van der Waals surface area contributed by atoms with Gasteiger partial charge < -0.3 is 9.64 Å². The second-order valence-corrected chi connectivity index (χ2v) is 6.37. The second kappa shape index (κ2) is 5.76. The van der Waals surface area contributed by atoms with E-state index >= 15 is 0 Å². The van der Waals surface area contributed by atoms with Crippen LogP contribution in [-0.4, -0.2) is 50.3 Å². The Morgan fingerprint density at radius 1 is 1.30 bits per heavy atom. The number of hydrogen-bond acceptors (Lipinski definition) is 5. The zero-order valence-corrected chi connectivity index (χ0v) is 12.6. The minimum absolute atomic E-state index is 0.230. The van der Waals surface area contributed by atoms with Gasteiger partial charge in [0.2, 0.25) is 0 Å². The summed E-state index contributed by atoms with van der Waals surface area (Å²) in [5, 5.41) is 14.2. The molecule has 0 saturated heterocycles. The number of tetrazole rings is 1. The van der Waals surface area contributed by atoms with Crippen LogP contribution in [0.25, 0.3) is 0 Å². The molecule has 7 nitrogen and oxygen atoms in total. The first kappa shape index (κ1) is 14.7. The molecule has 1 fully saturated rings. The summed E-state index contributed by atoms with van der Waals surface area (Å²) in [4.78, 5) is 13.8. The molecular weight excluding hydrogens is 258 g/mol. The molecule has 0 atom stereocenters. The normalized spacial score (nSPS) is 23.4. The fourth-order valence-electron chi connectivity index (χ4n) is 2.55. The number of hydrogen-bond donors (Lipinski definition) is 1. The van der Waals surface area contributed by atoms with Crippen LogP contribution in [-0.2, 0) is 4.74 Å². The van der Waals surface area contributed by atoms with Crippen LogP contribution in [0.1, 0.15) is 58.2 Å².